The number of Topliss-reactive ketones (excluding diaryl/α,β-unsaturated/α-hetero) is 1. The summed E-state index contributed by atoms with van der Waals surface area (Å²) in [5.74, 6) is -3.17. The molecule has 3 N–H and O–H groups in total. The number of aliphatic hydroxyl groups is 1. The second-order valence-electron chi connectivity index (χ2n) is 6.24. The fourth-order valence-corrected chi connectivity index (χ4v) is 1.89. The summed E-state index contributed by atoms with van der Waals surface area (Å²) < 4.78 is 5.28. The molecule has 0 fully saturated rings. The van der Waals surface area contributed by atoms with Crippen molar-refractivity contribution in [3.05, 3.63) is 0 Å². The van der Waals surface area contributed by atoms with Crippen LogP contribution in [0.4, 0.5) is 0 Å². The summed E-state index contributed by atoms with van der Waals surface area (Å²) in [5.41, 5.74) is 3.58. The summed E-state index contributed by atoms with van der Waals surface area (Å²) in [4.78, 5) is 34.8. The number of carboxylic acids is 1. The van der Waals surface area contributed by atoms with E-state index < -0.39 is 41.9 Å². The second-order valence-corrected chi connectivity index (χ2v) is 6.24. The van der Waals surface area contributed by atoms with Crippen molar-refractivity contribution in [1.29, 1.82) is 0 Å². The van der Waals surface area contributed by atoms with E-state index >= 15 is 0 Å². The van der Waals surface area contributed by atoms with Crippen LogP contribution in [-0.2, 0) is 19.1 Å². The summed E-state index contributed by atoms with van der Waals surface area (Å²) in [6.45, 7) is 2.37. The maximum absolute atomic E-state index is 11.9. The summed E-state index contributed by atoms with van der Waals surface area (Å²) in [7, 11) is 5.15. The van der Waals surface area contributed by atoms with E-state index in [0.29, 0.717) is 0 Å². The van der Waals surface area contributed by atoms with Crippen LogP contribution in [0.3, 0.4) is 0 Å². The first-order valence-corrected chi connectivity index (χ1v) is 6.48. The molecule has 8 heteroatoms. The smallest absolute Gasteiger partial charge is 0.326 e. The zero-order valence-electron chi connectivity index (χ0n) is 13.1. The highest BCUT2D eigenvalue weighted by Gasteiger charge is 2.45. The number of esters is 1. The summed E-state index contributed by atoms with van der Waals surface area (Å²) in [5, 5.41) is 20.2. The molecule has 0 aromatic carbocycles. The predicted molar refractivity (Wildman–Crippen MR) is 71.7 cm³/mol. The Balaban J connectivity index is 5.51. The molecule has 0 radical (unpaired) electrons. The summed E-state index contributed by atoms with van der Waals surface area (Å²) in [6.07, 6.45) is -1.95. The average Bonchev–Trinajstić information content (AvgIpc) is 2.23. The number of nitrogens with zero attached hydrogens (tertiary/aromatic N) is 1. The minimum atomic E-state index is -1.87. The van der Waals surface area contributed by atoms with Crippen LogP contribution in [0, 0.1) is 0 Å². The molecule has 0 aromatic heterocycles. The van der Waals surface area contributed by atoms with E-state index in [0.717, 1.165) is 6.92 Å². The number of aliphatic hydroxyl groups excluding tert-OH is 1. The van der Waals surface area contributed by atoms with Crippen LogP contribution in [0.1, 0.15) is 20.3 Å². The third-order valence-electron chi connectivity index (χ3n) is 2.89. The summed E-state index contributed by atoms with van der Waals surface area (Å²) in [6, 6.07) is -1.36. The molecule has 0 aliphatic heterocycles. The van der Waals surface area contributed by atoms with E-state index in [1.54, 1.807) is 21.1 Å². The number of quaternary nitrogens is 1. The van der Waals surface area contributed by atoms with Crippen LogP contribution in [0.15, 0.2) is 0 Å². The third kappa shape index (κ3) is 6.19. The number of hydrogen-bond donors (Lipinski definition) is 2. The van der Waals surface area contributed by atoms with Crippen LogP contribution in [-0.4, -0.2) is 72.7 Å². The normalized spacial score (nSPS) is 17.5. The topological polar surface area (TPSA) is 130 Å². The molecule has 3 atom stereocenters. The number of nitrogens with two attached hydrogens (primary N) is 1. The lowest BCUT2D eigenvalue weighted by Gasteiger charge is -2.38. The van der Waals surface area contributed by atoms with Crippen molar-refractivity contribution in [2.24, 2.45) is 5.73 Å². The van der Waals surface area contributed by atoms with Gasteiger partial charge in [-0.2, -0.15) is 0 Å². The molecule has 0 spiro atoms. The Bertz CT molecular complexity index is 415. The number of hydrogen-bond acceptors (Lipinski definition) is 7. The molecule has 0 aromatic rings. The molecule has 0 heterocycles. The number of carbonyl (C=O) groups is 3. The fourth-order valence-electron chi connectivity index (χ4n) is 1.89. The fraction of sp³-hybridized carbons (Fsp3) is 0.769. The van der Waals surface area contributed by atoms with Crippen molar-refractivity contribution < 1.29 is 33.8 Å². The number of ketones is 1. The van der Waals surface area contributed by atoms with Gasteiger partial charge in [0.1, 0.15) is 12.6 Å². The highest BCUT2D eigenvalue weighted by Crippen LogP contribution is 2.22. The molecule has 0 aliphatic carbocycles. The maximum Gasteiger partial charge on any atom is 0.326 e. The largest absolute Gasteiger partial charge is 0.550 e. The second kappa shape index (κ2) is 6.97. The molecule has 0 amide bonds. The van der Waals surface area contributed by atoms with Crippen molar-refractivity contribution in [3.8, 4) is 0 Å². The molecule has 0 aliphatic rings. The average molecular weight is 304 g/mol. The van der Waals surface area contributed by atoms with Gasteiger partial charge in [-0.3, -0.25) is 9.59 Å². The molecular weight excluding hydrogens is 280 g/mol. The van der Waals surface area contributed by atoms with Gasteiger partial charge in [0, 0.05) is 12.4 Å². The van der Waals surface area contributed by atoms with Gasteiger partial charge in [-0.1, -0.05) is 0 Å². The van der Waals surface area contributed by atoms with E-state index in [4.69, 9.17) is 10.5 Å². The van der Waals surface area contributed by atoms with E-state index in [1.165, 1.54) is 6.92 Å². The molecule has 0 rings (SSSR count). The molecule has 8 nitrogen and oxygen atoms in total. The van der Waals surface area contributed by atoms with Crippen LogP contribution in [0.25, 0.3) is 0 Å². The van der Waals surface area contributed by atoms with Crippen LogP contribution in [0.2, 0.25) is 0 Å². The standard InChI is InChI=1S/C13H24N2O6/c1-8(16)11(14)12(20)21-13(9(2)17,6-10(18)19)7-15(3,4)5/h8,11,16H,6-7,14H2,1-5H3/t8-,11+,13-/m1/s1. The van der Waals surface area contributed by atoms with Gasteiger partial charge >= 0.3 is 5.97 Å². The van der Waals surface area contributed by atoms with Crippen molar-refractivity contribution >= 4 is 17.7 Å². The highest BCUT2D eigenvalue weighted by molar-refractivity contribution is 5.92. The first-order chi connectivity index (χ1) is 9.30. The first kappa shape index (κ1) is 19.5. The Morgan fingerprint density at radius 2 is 1.81 bits per heavy atom. The molecule has 0 saturated heterocycles. The van der Waals surface area contributed by atoms with Crippen molar-refractivity contribution in [3.63, 3.8) is 0 Å². The van der Waals surface area contributed by atoms with Crippen LogP contribution < -0.4 is 10.8 Å². The lowest BCUT2D eigenvalue weighted by molar-refractivity contribution is -0.875. The van der Waals surface area contributed by atoms with Gasteiger partial charge < -0.3 is 30.0 Å². The Morgan fingerprint density at radius 1 is 1.33 bits per heavy atom. The van der Waals surface area contributed by atoms with Gasteiger partial charge in [0.2, 0.25) is 5.60 Å². The van der Waals surface area contributed by atoms with Gasteiger partial charge in [-0.15, -0.1) is 0 Å². The zero-order chi connectivity index (χ0) is 17.0. The number of carboxylic acid groups (broad SMARTS) is 1. The number of likely N-dealkylation sites (N-methyl/N-ethyl adjacent to an activating group) is 1. The zero-order valence-corrected chi connectivity index (χ0v) is 13.1. The monoisotopic (exact) mass is 304 g/mol. The van der Waals surface area contributed by atoms with Crippen molar-refractivity contribution in [2.75, 3.05) is 27.7 Å². The Kier molecular flexibility index (Phi) is 6.47. The minimum Gasteiger partial charge on any atom is -0.550 e. The number of carbonyl (C=O) groups excluding carboxylic acids is 3. The summed E-state index contributed by atoms with van der Waals surface area (Å²) >= 11 is 0. The number of ether oxygens (including phenoxy) is 1. The quantitative estimate of drug-likeness (QED) is 0.372. The Morgan fingerprint density at radius 3 is 2.10 bits per heavy atom. The number of aliphatic carboxylic acids is 1. The van der Waals surface area contributed by atoms with Gasteiger partial charge in [0.05, 0.1) is 27.2 Å². The highest BCUT2D eigenvalue weighted by atomic mass is 16.6. The van der Waals surface area contributed by atoms with Gasteiger partial charge in [0.25, 0.3) is 0 Å². The van der Waals surface area contributed by atoms with Crippen molar-refractivity contribution in [1.82, 2.24) is 0 Å². The minimum absolute atomic E-state index is 0.0609. The molecule has 122 valence electrons. The third-order valence-corrected chi connectivity index (χ3v) is 2.89. The molecule has 0 saturated carbocycles. The Hall–Kier alpha value is -1.51. The van der Waals surface area contributed by atoms with Gasteiger partial charge in [-0.25, -0.2) is 0 Å². The Labute approximate surface area is 124 Å². The molecule has 0 bridgehead atoms. The molecule has 0 unspecified atom stereocenters. The lowest BCUT2D eigenvalue weighted by Crippen LogP contribution is -2.59. The van der Waals surface area contributed by atoms with Gasteiger partial charge in [0.15, 0.2) is 5.78 Å². The SMILES string of the molecule is CC(=O)[C@@](CC(=O)[O-])(C[N+](C)(C)C)OC(=O)[C@@H](N)[C@@H](C)O. The molecule has 21 heavy (non-hydrogen) atoms. The van der Waals surface area contributed by atoms with Crippen LogP contribution >= 0.6 is 0 Å². The van der Waals surface area contributed by atoms with E-state index in [2.05, 4.69) is 0 Å². The van der Waals surface area contributed by atoms with E-state index in [9.17, 15) is 24.6 Å². The first-order valence-electron chi connectivity index (χ1n) is 6.48. The van der Waals surface area contributed by atoms with Crippen molar-refractivity contribution in [2.45, 2.75) is 38.0 Å². The predicted octanol–water partition coefficient (Wildman–Crippen LogP) is -2.59. The maximum atomic E-state index is 11.9. The van der Waals surface area contributed by atoms with Gasteiger partial charge in [-0.05, 0) is 13.8 Å². The molecular formula is C13H24N2O6. The van der Waals surface area contributed by atoms with E-state index in [-0.39, 0.29) is 11.0 Å². The van der Waals surface area contributed by atoms with E-state index in [1.807, 2.05) is 0 Å². The van der Waals surface area contributed by atoms with Crippen LogP contribution in [0.5, 0.6) is 0 Å². The lowest BCUT2D eigenvalue weighted by atomic mass is 9.93. The number of rotatable bonds is 8.